The molecule has 0 heterocycles. The molecule has 1 atom stereocenters. The summed E-state index contributed by atoms with van der Waals surface area (Å²) in [4.78, 5) is 12.5. The van der Waals surface area contributed by atoms with Crippen LogP contribution in [0.1, 0.15) is 23.5 Å². The Morgan fingerprint density at radius 1 is 1.30 bits per heavy atom. The molecule has 23 heavy (non-hydrogen) atoms. The highest BCUT2D eigenvalue weighted by Crippen LogP contribution is 2.25. The maximum absolute atomic E-state index is 14.0. The summed E-state index contributed by atoms with van der Waals surface area (Å²) in [7, 11) is 0. The average Bonchev–Trinajstić information content (AvgIpc) is 2.55. The van der Waals surface area contributed by atoms with Gasteiger partial charge in [0.05, 0.1) is 5.92 Å². The highest BCUT2D eigenvalue weighted by Gasteiger charge is 2.23. The number of carbonyl (C=O) groups excluding carboxylic acids is 1. The van der Waals surface area contributed by atoms with Crippen LogP contribution in [-0.2, 0) is 4.79 Å². The minimum absolute atomic E-state index is 0.264. The van der Waals surface area contributed by atoms with Gasteiger partial charge in [0.2, 0.25) is 5.91 Å². The zero-order chi connectivity index (χ0) is 16.8. The zero-order valence-electron chi connectivity index (χ0n) is 12.6. The molecule has 0 aliphatic carbocycles. The van der Waals surface area contributed by atoms with Crippen molar-refractivity contribution in [2.24, 2.45) is 5.73 Å². The van der Waals surface area contributed by atoms with E-state index in [9.17, 15) is 9.18 Å². The molecule has 0 aromatic heterocycles. The quantitative estimate of drug-likeness (QED) is 0.486. The molecule has 2 aromatic carbocycles. The Labute approximate surface area is 134 Å². The van der Waals surface area contributed by atoms with Crippen molar-refractivity contribution in [3.05, 3.63) is 59.4 Å². The second-order valence-corrected chi connectivity index (χ2v) is 5.13. The topological polar surface area (TPSA) is 105 Å². The van der Waals surface area contributed by atoms with Crippen LogP contribution < -0.4 is 16.8 Å². The van der Waals surface area contributed by atoms with E-state index >= 15 is 0 Å². The van der Waals surface area contributed by atoms with Crippen molar-refractivity contribution in [3.8, 4) is 0 Å². The van der Waals surface area contributed by atoms with E-state index in [4.69, 9.17) is 16.9 Å². The summed E-state index contributed by atoms with van der Waals surface area (Å²) in [6, 6.07) is 11.0. The first-order chi connectivity index (χ1) is 11.1. The van der Waals surface area contributed by atoms with E-state index in [0.717, 1.165) is 6.21 Å². The molecule has 0 saturated heterocycles. The molecule has 0 fully saturated rings. The first-order valence-corrected chi connectivity index (χ1v) is 7.22. The summed E-state index contributed by atoms with van der Waals surface area (Å²) < 4.78 is 14.0. The Bertz CT molecular complexity index is 717. The van der Waals surface area contributed by atoms with Gasteiger partial charge in [0, 0.05) is 28.7 Å². The number of nitrogen functional groups attached to an aromatic ring is 1. The Kier molecular flexibility index (Phi) is 5.43. The van der Waals surface area contributed by atoms with Gasteiger partial charge in [0.25, 0.3) is 0 Å². The van der Waals surface area contributed by atoms with Crippen LogP contribution in [-0.4, -0.2) is 18.7 Å². The predicted octanol–water partition coefficient (Wildman–Crippen LogP) is 2.48. The molecule has 1 unspecified atom stereocenters. The van der Waals surface area contributed by atoms with Gasteiger partial charge >= 0.3 is 0 Å². The third-order valence-corrected chi connectivity index (χ3v) is 3.56. The number of nitrogens with two attached hydrogens (primary N) is 2. The average molecular weight is 314 g/mol. The molecule has 2 aromatic rings. The maximum Gasteiger partial charge on any atom is 0.232 e. The number of anilines is 2. The Hall–Kier alpha value is -2.73. The van der Waals surface area contributed by atoms with Crippen LogP contribution in [0.25, 0.3) is 0 Å². The SMILES string of the molecule is N=Cc1cc(NC(=O)C(CCN)c2ccccc2F)ccc1N. The third kappa shape index (κ3) is 3.92. The van der Waals surface area contributed by atoms with Gasteiger partial charge in [0.15, 0.2) is 0 Å². The van der Waals surface area contributed by atoms with Crippen LogP contribution in [0.4, 0.5) is 15.8 Å². The van der Waals surface area contributed by atoms with E-state index in [-0.39, 0.29) is 12.5 Å². The molecule has 120 valence electrons. The van der Waals surface area contributed by atoms with Gasteiger partial charge in [0.1, 0.15) is 5.82 Å². The van der Waals surface area contributed by atoms with Crippen molar-refractivity contribution in [2.75, 3.05) is 17.6 Å². The van der Waals surface area contributed by atoms with Crippen LogP contribution in [0.3, 0.4) is 0 Å². The highest BCUT2D eigenvalue weighted by molar-refractivity contribution is 5.97. The summed E-state index contributed by atoms with van der Waals surface area (Å²) in [5, 5.41) is 10.0. The second-order valence-electron chi connectivity index (χ2n) is 5.13. The molecule has 6 N–H and O–H groups in total. The van der Waals surface area contributed by atoms with Gasteiger partial charge in [-0.05, 0) is 37.2 Å². The number of hydrogen-bond acceptors (Lipinski definition) is 4. The minimum Gasteiger partial charge on any atom is -0.398 e. The number of rotatable bonds is 6. The molecule has 1 amide bonds. The predicted molar refractivity (Wildman–Crippen MR) is 90.2 cm³/mol. The van der Waals surface area contributed by atoms with Crippen LogP contribution in [0.2, 0.25) is 0 Å². The smallest absolute Gasteiger partial charge is 0.232 e. The van der Waals surface area contributed by atoms with Crippen LogP contribution in [0.15, 0.2) is 42.5 Å². The second kappa shape index (κ2) is 7.51. The van der Waals surface area contributed by atoms with E-state index in [1.807, 2.05) is 0 Å². The number of carbonyl (C=O) groups is 1. The maximum atomic E-state index is 14.0. The normalized spacial score (nSPS) is 11.7. The summed E-state index contributed by atoms with van der Waals surface area (Å²) >= 11 is 0. The molecule has 0 saturated carbocycles. The first-order valence-electron chi connectivity index (χ1n) is 7.22. The van der Waals surface area contributed by atoms with Gasteiger partial charge in [-0.2, -0.15) is 0 Å². The van der Waals surface area contributed by atoms with Crippen molar-refractivity contribution in [3.63, 3.8) is 0 Å². The summed E-state index contributed by atoms with van der Waals surface area (Å²) in [5.41, 5.74) is 13.1. The standard InChI is InChI=1S/C17H19FN4O/c18-15-4-2-1-3-13(15)14(7-8-19)17(23)22-12-5-6-16(21)11(9-12)10-20/h1-6,9-10,14,20H,7-8,19,21H2,(H,22,23). The molecule has 2 rings (SSSR count). The lowest BCUT2D eigenvalue weighted by Gasteiger charge is -2.17. The fraction of sp³-hybridized carbons (Fsp3) is 0.176. The van der Waals surface area contributed by atoms with Crippen molar-refractivity contribution in [2.45, 2.75) is 12.3 Å². The van der Waals surface area contributed by atoms with Crippen molar-refractivity contribution < 1.29 is 9.18 Å². The molecule has 0 spiro atoms. The Balaban J connectivity index is 2.25. The summed E-state index contributed by atoms with van der Waals surface area (Å²) in [6.45, 7) is 0.264. The van der Waals surface area contributed by atoms with Crippen molar-refractivity contribution in [1.29, 1.82) is 5.41 Å². The lowest BCUT2D eigenvalue weighted by atomic mass is 9.94. The van der Waals surface area contributed by atoms with Gasteiger partial charge in [-0.25, -0.2) is 4.39 Å². The molecule has 0 aliphatic heterocycles. The fourth-order valence-corrected chi connectivity index (χ4v) is 2.36. The lowest BCUT2D eigenvalue weighted by Crippen LogP contribution is -2.24. The third-order valence-electron chi connectivity index (χ3n) is 3.56. The van der Waals surface area contributed by atoms with Crippen molar-refractivity contribution >= 4 is 23.5 Å². The largest absolute Gasteiger partial charge is 0.398 e. The lowest BCUT2D eigenvalue weighted by molar-refractivity contribution is -0.117. The van der Waals surface area contributed by atoms with Gasteiger partial charge in [-0.3, -0.25) is 4.79 Å². The number of hydrogen-bond donors (Lipinski definition) is 4. The molecule has 6 heteroatoms. The van der Waals surface area contributed by atoms with Crippen molar-refractivity contribution in [1.82, 2.24) is 0 Å². The molecular weight excluding hydrogens is 295 g/mol. The van der Waals surface area contributed by atoms with E-state index in [1.54, 1.807) is 36.4 Å². The number of benzene rings is 2. The number of nitrogens with one attached hydrogen (secondary N) is 2. The van der Waals surface area contributed by atoms with Gasteiger partial charge < -0.3 is 22.2 Å². The Morgan fingerprint density at radius 2 is 2.04 bits per heavy atom. The fourth-order valence-electron chi connectivity index (χ4n) is 2.36. The zero-order valence-corrected chi connectivity index (χ0v) is 12.6. The van der Waals surface area contributed by atoms with Gasteiger partial charge in [-0.1, -0.05) is 18.2 Å². The summed E-state index contributed by atoms with van der Waals surface area (Å²) in [6.07, 6.45) is 1.44. The molecule has 5 nitrogen and oxygen atoms in total. The molecular formula is C17H19FN4O. The van der Waals surface area contributed by atoms with E-state index in [2.05, 4.69) is 5.32 Å². The van der Waals surface area contributed by atoms with E-state index in [0.29, 0.717) is 28.9 Å². The first kappa shape index (κ1) is 16.6. The number of halogens is 1. The van der Waals surface area contributed by atoms with E-state index in [1.165, 1.54) is 6.07 Å². The summed E-state index contributed by atoms with van der Waals surface area (Å²) in [5.74, 6) is -1.46. The Morgan fingerprint density at radius 3 is 2.70 bits per heavy atom. The molecule has 0 bridgehead atoms. The van der Waals surface area contributed by atoms with Gasteiger partial charge in [-0.15, -0.1) is 0 Å². The van der Waals surface area contributed by atoms with E-state index < -0.39 is 11.7 Å². The monoisotopic (exact) mass is 314 g/mol. The van der Waals surface area contributed by atoms with Crippen LogP contribution in [0.5, 0.6) is 0 Å². The minimum atomic E-state index is -0.679. The number of amides is 1. The van der Waals surface area contributed by atoms with Crippen LogP contribution in [0, 0.1) is 11.2 Å². The van der Waals surface area contributed by atoms with Crippen LogP contribution >= 0.6 is 0 Å². The molecule has 0 radical (unpaired) electrons. The molecule has 0 aliphatic rings. The highest BCUT2D eigenvalue weighted by atomic mass is 19.1.